The van der Waals surface area contributed by atoms with Crippen molar-refractivity contribution in [2.24, 2.45) is 0 Å². The van der Waals surface area contributed by atoms with E-state index in [4.69, 9.17) is 0 Å². The lowest BCUT2D eigenvalue weighted by atomic mass is 10.1. The fourth-order valence-corrected chi connectivity index (χ4v) is 2.04. The van der Waals surface area contributed by atoms with E-state index in [2.05, 4.69) is 44.5 Å². The molecule has 0 saturated heterocycles. The maximum Gasteiger partial charge on any atom is 0.143 e. The van der Waals surface area contributed by atoms with Crippen molar-refractivity contribution < 1.29 is 0 Å². The monoisotopic (exact) mass is 243 g/mol. The van der Waals surface area contributed by atoms with Crippen molar-refractivity contribution in [2.75, 3.05) is 0 Å². The van der Waals surface area contributed by atoms with Gasteiger partial charge in [0.2, 0.25) is 0 Å². The Morgan fingerprint density at radius 1 is 1.46 bits per heavy atom. The molecule has 1 aromatic heterocycles. The molecule has 1 aliphatic carbocycles. The first-order valence-electron chi connectivity index (χ1n) is 4.70. The van der Waals surface area contributed by atoms with Gasteiger partial charge in [-0.15, -0.1) is 10.2 Å². The summed E-state index contributed by atoms with van der Waals surface area (Å²) >= 11 is 3.43. The maximum atomic E-state index is 4.27. The molecule has 0 bridgehead atoms. The summed E-state index contributed by atoms with van der Waals surface area (Å²) < 4.78 is 2.22. The maximum absolute atomic E-state index is 4.27. The van der Waals surface area contributed by atoms with Crippen LogP contribution in [0.2, 0.25) is 0 Å². The van der Waals surface area contributed by atoms with E-state index in [9.17, 15) is 0 Å². The van der Waals surface area contributed by atoms with Crippen molar-refractivity contribution >= 4 is 15.9 Å². The third kappa shape index (κ3) is 1.41. The lowest BCUT2D eigenvalue weighted by Crippen LogP contribution is -2.12. The summed E-state index contributed by atoms with van der Waals surface area (Å²) in [6.07, 6.45) is 2.51. The quantitative estimate of drug-likeness (QED) is 0.763. The molecule has 1 fully saturated rings. The van der Waals surface area contributed by atoms with Crippen LogP contribution in [0.25, 0.3) is 0 Å². The molecule has 0 unspecified atom stereocenters. The average Bonchev–Trinajstić information content (AvgIpc) is 2.75. The van der Waals surface area contributed by atoms with Crippen LogP contribution in [0.15, 0.2) is 0 Å². The Kier molecular flexibility index (Phi) is 2.18. The van der Waals surface area contributed by atoms with Crippen LogP contribution in [-0.2, 0) is 17.3 Å². The highest BCUT2D eigenvalue weighted by Crippen LogP contribution is 2.46. The number of hydrogen-bond acceptors (Lipinski definition) is 2. The molecule has 0 amide bonds. The van der Waals surface area contributed by atoms with Gasteiger partial charge in [-0.05, 0) is 19.8 Å². The predicted octanol–water partition coefficient (Wildman–Crippen LogP) is 2.24. The molecule has 3 nitrogen and oxygen atoms in total. The van der Waals surface area contributed by atoms with Crippen LogP contribution in [-0.4, -0.2) is 14.8 Å². The Morgan fingerprint density at radius 3 is 2.62 bits per heavy atom. The molecule has 1 saturated carbocycles. The summed E-state index contributed by atoms with van der Waals surface area (Å²) in [4.78, 5) is 0. The van der Waals surface area contributed by atoms with Gasteiger partial charge in [0.05, 0.1) is 5.33 Å². The molecule has 0 atom stereocenters. The third-order valence-electron chi connectivity index (χ3n) is 2.80. The summed E-state index contributed by atoms with van der Waals surface area (Å²) in [6, 6.07) is 0. The largest absolute Gasteiger partial charge is 0.314 e. The van der Waals surface area contributed by atoms with Gasteiger partial charge in [0.1, 0.15) is 11.6 Å². The van der Waals surface area contributed by atoms with Gasteiger partial charge < -0.3 is 4.57 Å². The second-order valence-corrected chi connectivity index (χ2v) is 4.44. The summed E-state index contributed by atoms with van der Waals surface area (Å²) in [5.41, 5.74) is 0.323. The zero-order chi connectivity index (χ0) is 9.47. The van der Waals surface area contributed by atoms with E-state index in [1.54, 1.807) is 0 Å². The fourth-order valence-electron chi connectivity index (χ4n) is 1.62. The molecule has 1 aromatic rings. The number of rotatable bonds is 3. The number of nitrogens with zero attached hydrogens (tertiary/aromatic N) is 3. The van der Waals surface area contributed by atoms with Gasteiger partial charge in [0.15, 0.2) is 0 Å². The molecule has 1 heterocycles. The highest BCUT2D eigenvalue weighted by molar-refractivity contribution is 9.08. The Labute approximate surface area is 86.7 Å². The second kappa shape index (κ2) is 3.08. The van der Waals surface area contributed by atoms with Crippen LogP contribution in [0.5, 0.6) is 0 Å². The molecule has 2 rings (SSSR count). The van der Waals surface area contributed by atoms with Gasteiger partial charge in [0, 0.05) is 12.0 Å². The van der Waals surface area contributed by atoms with Crippen LogP contribution in [0.3, 0.4) is 0 Å². The summed E-state index contributed by atoms with van der Waals surface area (Å²) in [5.74, 6) is 2.22. The van der Waals surface area contributed by atoms with Gasteiger partial charge >= 0.3 is 0 Å². The number of alkyl halides is 1. The molecular formula is C9H14BrN3. The van der Waals surface area contributed by atoms with Gasteiger partial charge in [-0.3, -0.25) is 0 Å². The van der Waals surface area contributed by atoms with Crippen LogP contribution in [0, 0.1) is 0 Å². The van der Waals surface area contributed by atoms with E-state index in [1.165, 1.54) is 18.7 Å². The first-order chi connectivity index (χ1) is 6.21. The number of halogens is 1. The second-order valence-electron chi connectivity index (χ2n) is 3.88. The molecule has 72 valence electrons. The molecular weight excluding hydrogens is 230 g/mol. The van der Waals surface area contributed by atoms with Crippen molar-refractivity contribution in [3.63, 3.8) is 0 Å². The number of aromatic nitrogens is 3. The lowest BCUT2D eigenvalue weighted by Gasteiger charge is -2.10. The Hall–Kier alpha value is -0.380. The van der Waals surface area contributed by atoms with Crippen molar-refractivity contribution in [1.82, 2.24) is 14.8 Å². The Morgan fingerprint density at radius 2 is 2.15 bits per heavy atom. The summed E-state index contributed by atoms with van der Waals surface area (Å²) in [7, 11) is 0. The SMILES string of the molecule is CCn1c(CBr)nnc1C1(C)CC1. The lowest BCUT2D eigenvalue weighted by molar-refractivity contribution is 0.606. The van der Waals surface area contributed by atoms with Gasteiger partial charge in [-0.25, -0.2) is 0 Å². The molecule has 0 N–H and O–H groups in total. The minimum atomic E-state index is 0.323. The molecule has 0 radical (unpaired) electrons. The van der Waals surface area contributed by atoms with E-state index in [0.29, 0.717) is 5.41 Å². The first kappa shape index (κ1) is 9.19. The summed E-state index contributed by atoms with van der Waals surface area (Å²) in [5, 5.41) is 9.25. The van der Waals surface area contributed by atoms with E-state index < -0.39 is 0 Å². The molecule has 0 spiro atoms. The number of hydrogen-bond donors (Lipinski definition) is 0. The van der Waals surface area contributed by atoms with Crippen LogP contribution in [0.1, 0.15) is 38.3 Å². The first-order valence-corrected chi connectivity index (χ1v) is 5.82. The Balaban J connectivity index is 2.40. The highest BCUT2D eigenvalue weighted by atomic mass is 79.9. The molecule has 1 aliphatic rings. The minimum Gasteiger partial charge on any atom is -0.314 e. The van der Waals surface area contributed by atoms with Crippen LogP contribution in [0.4, 0.5) is 0 Å². The van der Waals surface area contributed by atoms with Crippen molar-refractivity contribution in [2.45, 2.75) is 44.0 Å². The standard InChI is InChI=1S/C9H14BrN3/c1-3-13-7(6-10)11-12-8(13)9(2)4-5-9/h3-6H2,1-2H3. The minimum absolute atomic E-state index is 0.323. The fraction of sp³-hybridized carbons (Fsp3) is 0.778. The van der Waals surface area contributed by atoms with Crippen molar-refractivity contribution in [1.29, 1.82) is 0 Å². The van der Waals surface area contributed by atoms with Gasteiger partial charge in [0.25, 0.3) is 0 Å². The average molecular weight is 244 g/mol. The predicted molar refractivity (Wildman–Crippen MR) is 54.9 cm³/mol. The van der Waals surface area contributed by atoms with E-state index >= 15 is 0 Å². The molecule has 13 heavy (non-hydrogen) atoms. The zero-order valence-electron chi connectivity index (χ0n) is 8.05. The van der Waals surface area contributed by atoms with Crippen molar-refractivity contribution in [3.8, 4) is 0 Å². The smallest absolute Gasteiger partial charge is 0.143 e. The molecule has 0 aromatic carbocycles. The highest BCUT2D eigenvalue weighted by Gasteiger charge is 2.43. The summed E-state index contributed by atoms with van der Waals surface area (Å²) in [6.45, 7) is 5.38. The zero-order valence-corrected chi connectivity index (χ0v) is 9.63. The molecule has 0 aliphatic heterocycles. The topological polar surface area (TPSA) is 30.7 Å². The third-order valence-corrected chi connectivity index (χ3v) is 3.30. The normalized spacial score (nSPS) is 19.0. The van der Waals surface area contributed by atoms with E-state index in [0.717, 1.165) is 17.7 Å². The van der Waals surface area contributed by atoms with Crippen LogP contribution >= 0.6 is 15.9 Å². The van der Waals surface area contributed by atoms with Gasteiger partial charge in [-0.2, -0.15) is 0 Å². The van der Waals surface area contributed by atoms with E-state index in [1.807, 2.05) is 0 Å². The molecule has 4 heteroatoms. The Bertz CT molecular complexity index is 315. The van der Waals surface area contributed by atoms with E-state index in [-0.39, 0.29) is 0 Å². The van der Waals surface area contributed by atoms with Crippen molar-refractivity contribution in [3.05, 3.63) is 11.6 Å². The van der Waals surface area contributed by atoms with Gasteiger partial charge in [-0.1, -0.05) is 22.9 Å². The van der Waals surface area contributed by atoms with Crippen LogP contribution < -0.4 is 0 Å².